The van der Waals surface area contributed by atoms with Gasteiger partial charge >= 0.3 is 0 Å². The highest BCUT2D eigenvalue weighted by Gasteiger charge is 2.23. The number of hydrogen-bond acceptors (Lipinski definition) is 8. The lowest BCUT2D eigenvalue weighted by molar-refractivity contribution is 1.07. The van der Waals surface area contributed by atoms with E-state index in [2.05, 4.69) is 276 Å². The van der Waals surface area contributed by atoms with E-state index in [0.717, 1.165) is 61.4 Å². The molecule has 0 fully saturated rings. The molecule has 8 nitrogen and oxygen atoms in total. The van der Waals surface area contributed by atoms with E-state index in [-0.39, 0.29) is 0 Å². The Kier molecular flexibility index (Phi) is 14.4. The summed E-state index contributed by atoms with van der Waals surface area (Å²) in [6, 6.07) is 119. The number of fused-ring (bicyclic) bond motifs is 12. The molecule has 10 heteroatoms. The van der Waals surface area contributed by atoms with Gasteiger partial charge in [0.2, 0.25) is 0 Å². The van der Waals surface area contributed by atoms with Crippen LogP contribution >= 0.6 is 22.7 Å². The molecule has 100 heavy (non-hydrogen) atoms. The standard InChI is InChI=1S/2C45H28N4S/c1-4-14-29(15-5-1)43-46-44(30-16-6-2-7-17-30)48-45(47-43)32-27-36(42-38(28-32)35-21-11-13-23-41(35)50-42)31-24-25-40-37(26-31)34-20-10-12-22-39(34)49(40)33-18-8-3-9-19-33;1-4-14-29(15-5-1)43-46-44(30-16-6-2-7-17-30)48-45(47-43)38-28-32(27-37-35-21-11-13-23-41(35)50-42(37)38)31-24-25-40-36(26-31)34-20-10-12-22-39(34)49(40)33-18-8-3-9-19-33/h2*1-28H. The average Bonchev–Trinajstić information content (AvgIpc) is 1.57. The summed E-state index contributed by atoms with van der Waals surface area (Å²) in [6.07, 6.45) is 0. The number of hydrogen-bond donors (Lipinski definition) is 0. The van der Waals surface area contributed by atoms with Crippen LogP contribution in [0.2, 0.25) is 0 Å². The van der Waals surface area contributed by atoms with Gasteiger partial charge in [-0.2, -0.15) is 0 Å². The first-order chi connectivity index (χ1) is 49.6. The molecule has 20 rings (SSSR count). The Balaban J connectivity index is 0.000000139. The van der Waals surface area contributed by atoms with E-state index >= 15 is 0 Å². The molecule has 0 atom stereocenters. The third-order valence-electron chi connectivity index (χ3n) is 18.9. The Morgan fingerprint density at radius 3 is 0.950 bits per heavy atom. The molecular weight excluding hydrogens is 1260 g/mol. The van der Waals surface area contributed by atoms with Gasteiger partial charge in [-0.15, -0.1) is 22.7 Å². The Morgan fingerprint density at radius 2 is 0.500 bits per heavy atom. The molecule has 0 radical (unpaired) electrons. The Hall–Kier alpha value is -12.9. The van der Waals surface area contributed by atoms with Crippen LogP contribution in [0.3, 0.4) is 0 Å². The molecule has 468 valence electrons. The Bertz CT molecular complexity index is 6380. The maximum absolute atomic E-state index is 5.16. The number of thiophene rings is 2. The molecule has 0 spiro atoms. The number of benzene rings is 14. The minimum absolute atomic E-state index is 0.651. The van der Waals surface area contributed by atoms with Crippen molar-refractivity contribution < 1.29 is 0 Å². The predicted octanol–water partition coefficient (Wildman–Crippen LogP) is 24.0. The number of para-hydroxylation sites is 4. The van der Waals surface area contributed by atoms with Gasteiger partial charge in [-0.25, -0.2) is 29.9 Å². The summed E-state index contributed by atoms with van der Waals surface area (Å²) < 4.78 is 9.64. The fourth-order valence-corrected chi connectivity index (χ4v) is 16.6. The van der Waals surface area contributed by atoms with Crippen molar-refractivity contribution in [3.63, 3.8) is 0 Å². The highest BCUT2D eigenvalue weighted by molar-refractivity contribution is 7.26. The average molecular weight is 1310 g/mol. The van der Waals surface area contributed by atoms with Gasteiger partial charge in [0.05, 0.1) is 22.1 Å². The van der Waals surface area contributed by atoms with Gasteiger partial charge in [0.1, 0.15) is 0 Å². The summed E-state index contributed by atoms with van der Waals surface area (Å²) in [6.45, 7) is 0. The van der Waals surface area contributed by atoms with Crippen LogP contribution in [0.1, 0.15) is 0 Å². The van der Waals surface area contributed by atoms with E-state index in [1.165, 1.54) is 89.5 Å². The van der Waals surface area contributed by atoms with Gasteiger partial charge in [0.25, 0.3) is 0 Å². The van der Waals surface area contributed by atoms with Crippen LogP contribution < -0.4 is 0 Å². The zero-order chi connectivity index (χ0) is 66.0. The topological polar surface area (TPSA) is 87.2 Å². The third kappa shape index (κ3) is 10.4. The van der Waals surface area contributed by atoms with Crippen LogP contribution in [-0.4, -0.2) is 39.0 Å². The summed E-state index contributed by atoms with van der Waals surface area (Å²) in [5, 5.41) is 9.77. The second-order valence-corrected chi connectivity index (χ2v) is 27.0. The summed E-state index contributed by atoms with van der Waals surface area (Å²) in [7, 11) is 0. The van der Waals surface area contributed by atoms with Gasteiger partial charge in [0.15, 0.2) is 34.9 Å². The van der Waals surface area contributed by atoms with Crippen molar-refractivity contribution in [2.24, 2.45) is 0 Å². The van der Waals surface area contributed by atoms with E-state index in [1.54, 1.807) is 11.3 Å². The van der Waals surface area contributed by atoms with Crippen molar-refractivity contribution >= 4 is 107 Å². The zero-order valence-corrected chi connectivity index (χ0v) is 55.4. The Labute approximate surface area is 583 Å². The van der Waals surface area contributed by atoms with Gasteiger partial charge in [-0.3, -0.25) is 0 Å². The number of aromatic nitrogens is 8. The molecule has 0 N–H and O–H groups in total. The first kappa shape index (κ1) is 58.5. The third-order valence-corrected chi connectivity index (χ3v) is 21.3. The van der Waals surface area contributed by atoms with Crippen molar-refractivity contribution in [3.8, 4) is 102 Å². The minimum atomic E-state index is 0.651. The van der Waals surface area contributed by atoms with E-state index < -0.39 is 0 Å². The van der Waals surface area contributed by atoms with Crippen LogP contribution in [-0.2, 0) is 0 Å². The van der Waals surface area contributed by atoms with Crippen LogP contribution in [0.4, 0.5) is 0 Å². The molecule has 0 aliphatic rings. The molecule has 0 saturated carbocycles. The molecule has 0 bridgehead atoms. The van der Waals surface area contributed by atoms with Crippen molar-refractivity contribution in [3.05, 3.63) is 340 Å². The molecular formula is C90H56N8S2. The molecule has 0 aliphatic carbocycles. The van der Waals surface area contributed by atoms with Gasteiger partial charge in [-0.1, -0.05) is 243 Å². The highest BCUT2D eigenvalue weighted by Crippen LogP contribution is 2.47. The van der Waals surface area contributed by atoms with Crippen molar-refractivity contribution in [2.75, 3.05) is 0 Å². The Morgan fingerprint density at radius 1 is 0.190 bits per heavy atom. The van der Waals surface area contributed by atoms with Gasteiger partial charge in [0, 0.05) is 112 Å². The fourth-order valence-electron chi connectivity index (χ4n) is 14.2. The lowest BCUT2D eigenvalue weighted by Crippen LogP contribution is -2.00. The maximum Gasteiger partial charge on any atom is 0.165 e. The zero-order valence-electron chi connectivity index (χ0n) is 53.7. The van der Waals surface area contributed by atoms with Crippen LogP contribution in [0, 0.1) is 0 Å². The minimum Gasteiger partial charge on any atom is -0.309 e. The second kappa shape index (κ2) is 24.7. The molecule has 0 aliphatic heterocycles. The quantitative estimate of drug-likeness (QED) is 0.136. The van der Waals surface area contributed by atoms with Crippen molar-refractivity contribution in [2.45, 2.75) is 0 Å². The fraction of sp³-hybridized carbons (Fsp3) is 0. The monoisotopic (exact) mass is 1310 g/mol. The van der Waals surface area contributed by atoms with Gasteiger partial charge in [-0.05, 0) is 114 Å². The summed E-state index contributed by atoms with van der Waals surface area (Å²) in [5.74, 6) is 3.94. The molecule has 0 amide bonds. The first-order valence-corrected chi connectivity index (χ1v) is 35.0. The van der Waals surface area contributed by atoms with E-state index in [4.69, 9.17) is 29.9 Å². The largest absolute Gasteiger partial charge is 0.309 e. The smallest absolute Gasteiger partial charge is 0.165 e. The van der Waals surface area contributed by atoms with Crippen LogP contribution in [0.25, 0.3) is 186 Å². The molecule has 6 aromatic heterocycles. The molecule has 20 aromatic rings. The lowest BCUT2D eigenvalue weighted by atomic mass is 9.97. The second-order valence-electron chi connectivity index (χ2n) is 24.9. The lowest BCUT2D eigenvalue weighted by Gasteiger charge is -2.12. The molecule has 0 unspecified atom stereocenters. The van der Waals surface area contributed by atoms with Crippen LogP contribution in [0.15, 0.2) is 340 Å². The normalized spacial score (nSPS) is 11.6. The SMILES string of the molecule is c1ccc(-c2nc(-c3ccccc3)nc(-c3cc(-c4ccc5c(c4)c4ccccc4n5-c4ccccc4)c4sc5ccccc5c4c3)n2)cc1.c1ccc(-c2nc(-c3ccccc3)nc(-c3cc(-c4ccc5c(c4)c4ccccc4n5-c4ccccc4)cc4c3sc3ccccc34)n2)cc1. The number of nitrogens with zero attached hydrogens (tertiary/aromatic N) is 8. The molecule has 14 aromatic carbocycles. The highest BCUT2D eigenvalue weighted by atomic mass is 32.1. The summed E-state index contributed by atoms with van der Waals surface area (Å²) in [5.41, 5.74) is 17.4. The predicted molar refractivity (Wildman–Crippen MR) is 418 cm³/mol. The number of rotatable bonds is 10. The first-order valence-electron chi connectivity index (χ1n) is 33.4. The van der Waals surface area contributed by atoms with E-state index in [9.17, 15) is 0 Å². The maximum atomic E-state index is 5.16. The van der Waals surface area contributed by atoms with Crippen molar-refractivity contribution in [1.29, 1.82) is 0 Å². The van der Waals surface area contributed by atoms with Crippen LogP contribution in [0.5, 0.6) is 0 Å². The summed E-state index contributed by atoms with van der Waals surface area (Å²) in [4.78, 5) is 30.5. The van der Waals surface area contributed by atoms with Gasteiger partial charge < -0.3 is 9.13 Å². The summed E-state index contributed by atoms with van der Waals surface area (Å²) >= 11 is 3.63. The van der Waals surface area contributed by atoms with Crippen molar-refractivity contribution in [1.82, 2.24) is 39.0 Å². The van der Waals surface area contributed by atoms with E-state index in [1.807, 2.05) is 84.1 Å². The molecule has 0 saturated heterocycles. The van der Waals surface area contributed by atoms with E-state index in [0.29, 0.717) is 34.9 Å². The molecule has 6 heterocycles.